The minimum absolute atomic E-state index is 0.156. The first-order valence-corrected chi connectivity index (χ1v) is 8.30. The van der Waals surface area contributed by atoms with Gasteiger partial charge in [-0.05, 0) is 42.3 Å². The van der Waals surface area contributed by atoms with Crippen LogP contribution < -0.4 is 9.47 Å². The van der Waals surface area contributed by atoms with Crippen molar-refractivity contribution in [1.82, 2.24) is 0 Å². The van der Waals surface area contributed by atoms with Crippen molar-refractivity contribution in [3.05, 3.63) is 59.2 Å². The molecule has 0 aliphatic rings. The number of alkyl halides is 3. The van der Waals surface area contributed by atoms with Crippen molar-refractivity contribution in [3.63, 3.8) is 0 Å². The van der Waals surface area contributed by atoms with E-state index in [1.165, 1.54) is 39.5 Å². The van der Waals surface area contributed by atoms with Gasteiger partial charge in [-0.3, -0.25) is 4.79 Å². The van der Waals surface area contributed by atoms with Crippen LogP contribution in [-0.2, 0) is 22.4 Å². The average molecular weight is 395 g/mol. The number of benzene rings is 2. The summed E-state index contributed by atoms with van der Waals surface area (Å²) in [5.41, 5.74) is 0.179. The normalized spacial score (nSPS) is 12.6. The minimum Gasteiger partial charge on any atom is -0.493 e. The number of hydrogen-bond acceptors (Lipinski definition) is 5. The molecule has 0 saturated carbocycles. The van der Waals surface area contributed by atoms with Crippen molar-refractivity contribution >= 4 is 12.0 Å². The van der Waals surface area contributed by atoms with Gasteiger partial charge in [-0.2, -0.15) is 13.2 Å². The largest absolute Gasteiger partial charge is 0.493 e. The van der Waals surface area contributed by atoms with Gasteiger partial charge < -0.3 is 14.3 Å². The number of ether oxygens (including phenoxy) is 2. The van der Waals surface area contributed by atoms with Gasteiger partial charge in [0.05, 0.1) is 31.9 Å². The molecule has 1 atom stereocenters. The van der Waals surface area contributed by atoms with Crippen LogP contribution in [-0.4, -0.2) is 26.2 Å². The smallest absolute Gasteiger partial charge is 0.416 e. The highest BCUT2D eigenvalue weighted by molar-refractivity contribution is 5.99. The summed E-state index contributed by atoms with van der Waals surface area (Å²) in [6.07, 6.45) is -3.12. The van der Waals surface area contributed by atoms with Gasteiger partial charge in [-0.15, -0.1) is 0 Å². The van der Waals surface area contributed by atoms with Crippen molar-refractivity contribution < 1.29 is 32.3 Å². The number of nitrogens with zero attached hydrogens (tertiary/aromatic N) is 1. The standard InChI is InChI=1S/C20H20F3NO4/c1-13(25)17(15-7-8-18(26-2)19(10-15)27-3)11-24-28-12-14-5-4-6-16(9-14)20(21,22)23/h4-11,17H,12H2,1-3H3/b24-11-/t17-/m1/s1. The maximum atomic E-state index is 12.7. The molecular formula is C20H20F3NO4. The first-order chi connectivity index (χ1) is 13.3. The summed E-state index contributed by atoms with van der Waals surface area (Å²) in [7, 11) is 2.99. The fraction of sp³-hybridized carbons (Fsp3) is 0.300. The van der Waals surface area contributed by atoms with E-state index in [-0.39, 0.29) is 12.4 Å². The van der Waals surface area contributed by atoms with E-state index < -0.39 is 17.7 Å². The summed E-state index contributed by atoms with van der Waals surface area (Å²) in [5, 5.41) is 3.76. The van der Waals surface area contributed by atoms with Gasteiger partial charge in [0.2, 0.25) is 0 Å². The summed E-state index contributed by atoms with van der Waals surface area (Å²) in [4.78, 5) is 17.1. The van der Waals surface area contributed by atoms with Crippen LogP contribution >= 0.6 is 0 Å². The molecule has 2 aromatic carbocycles. The maximum absolute atomic E-state index is 12.7. The van der Waals surface area contributed by atoms with Crippen LogP contribution in [0.1, 0.15) is 29.5 Å². The van der Waals surface area contributed by atoms with Crippen LogP contribution in [0.3, 0.4) is 0 Å². The Hall–Kier alpha value is -3.03. The minimum atomic E-state index is -4.42. The van der Waals surface area contributed by atoms with E-state index in [9.17, 15) is 18.0 Å². The van der Waals surface area contributed by atoms with E-state index in [4.69, 9.17) is 14.3 Å². The van der Waals surface area contributed by atoms with Gasteiger partial charge in [-0.1, -0.05) is 23.4 Å². The molecule has 150 valence electrons. The second-order valence-corrected chi connectivity index (χ2v) is 5.93. The third-order valence-electron chi connectivity index (χ3n) is 3.97. The molecule has 0 N–H and O–H groups in total. The van der Waals surface area contributed by atoms with Gasteiger partial charge in [0.15, 0.2) is 11.5 Å². The van der Waals surface area contributed by atoms with Crippen LogP contribution in [0.2, 0.25) is 0 Å². The highest BCUT2D eigenvalue weighted by Gasteiger charge is 2.30. The lowest BCUT2D eigenvalue weighted by atomic mass is 9.96. The van der Waals surface area contributed by atoms with E-state index in [2.05, 4.69) is 5.16 Å². The van der Waals surface area contributed by atoms with Crippen molar-refractivity contribution in [1.29, 1.82) is 0 Å². The Bertz CT molecular complexity index is 850. The van der Waals surface area contributed by atoms with Crippen LogP contribution in [0.4, 0.5) is 13.2 Å². The SMILES string of the molecule is COc1ccc([C@H](/C=N\OCc2cccc(C(F)(F)F)c2)C(C)=O)cc1OC. The topological polar surface area (TPSA) is 57.1 Å². The summed E-state index contributed by atoms with van der Waals surface area (Å²) >= 11 is 0. The average Bonchev–Trinajstić information content (AvgIpc) is 2.66. The summed E-state index contributed by atoms with van der Waals surface area (Å²) < 4.78 is 48.6. The predicted octanol–water partition coefficient (Wildman–Crippen LogP) is 4.60. The van der Waals surface area contributed by atoms with Crippen molar-refractivity contribution in [2.24, 2.45) is 5.16 Å². The molecule has 0 aromatic heterocycles. The number of rotatable bonds is 8. The number of carbonyl (C=O) groups excluding carboxylic acids is 1. The fourth-order valence-corrected chi connectivity index (χ4v) is 2.53. The Morgan fingerprint density at radius 1 is 1.11 bits per heavy atom. The molecule has 2 aromatic rings. The molecule has 8 heteroatoms. The molecular weight excluding hydrogens is 375 g/mol. The molecule has 0 unspecified atom stereocenters. The Kier molecular flexibility index (Phi) is 7.03. The van der Waals surface area contributed by atoms with E-state index in [1.807, 2.05) is 0 Å². The Balaban J connectivity index is 2.09. The lowest BCUT2D eigenvalue weighted by Gasteiger charge is -2.13. The number of hydrogen-bond donors (Lipinski definition) is 0. The van der Waals surface area contributed by atoms with Crippen LogP contribution in [0, 0.1) is 0 Å². The van der Waals surface area contributed by atoms with Gasteiger partial charge in [0.1, 0.15) is 12.4 Å². The Morgan fingerprint density at radius 3 is 2.43 bits per heavy atom. The zero-order valence-electron chi connectivity index (χ0n) is 15.6. The monoisotopic (exact) mass is 395 g/mol. The lowest BCUT2D eigenvalue weighted by Crippen LogP contribution is -2.11. The maximum Gasteiger partial charge on any atom is 0.416 e. The van der Waals surface area contributed by atoms with Crippen LogP contribution in [0.15, 0.2) is 47.6 Å². The fourth-order valence-electron chi connectivity index (χ4n) is 2.53. The number of ketones is 1. The molecule has 0 aliphatic heterocycles. The van der Waals surface area contributed by atoms with Crippen LogP contribution in [0.25, 0.3) is 0 Å². The number of Topliss-reactive ketones (excluding diaryl/α,β-unsaturated/α-hetero) is 1. The zero-order chi connectivity index (χ0) is 20.7. The molecule has 0 heterocycles. The Labute approximate surface area is 160 Å². The summed E-state index contributed by atoms with van der Waals surface area (Å²) in [6.45, 7) is 1.25. The van der Waals surface area contributed by atoms with Gasteiger partial charge in [-0.25, -0.2) is 0 Å². The molecule has 0 saturated heterocycles. The lowest BCUT2D eigenvalue weighted by molar-refractivity contribution is -0.137. The molecule has 0 spiro atoms. The first-order valence-electron chi connectivity index (χ1n) is 8.30. The molecule has 0 fully saturated rings. The first kappa shape index (κ1) is 21.3. The summed E-state index contributed by atoms with van der Waals surface area (Å²) in [5.74, 6) is 0.107. The highest BCUT2D eigenvalue weighted by Crippen LogP contribution is 2.31. The number of halogens is 3. The van der Waals surface area contributed by atoms with Crippen molar-refractivity contribution in [2.75, 3.05) is 14.2 Å². The molecule has 0 aliphatic carbocycles. The number of carbonyl (C=O) groups is 1. The predicted molar refractivity (Wildman–Crippen MR) is 97.7 cm³/mol. The van der Waals surface area contributed by atoms with Crippen LogP contribution in [0.5, 0.6) is 11.5 Å². The molecule has 2 rings (SSSR count). The van der Waals surface area contributed by atoms with Crippen molar-refractivity contribution in [3.8, 4) is 11.5 Å². The molecule has 0 amide bonds. The van der Waals surface area contributed by atoms with Gasteiger partial charge in [0, 0.05) is 0 Å². The second kappa shape index (κ2) is 9.25. The zero-order valence-corrected chi connectivity index (χ0v) is 15.6. The molecule has 5 nitrogen and oxygen atoms in total. The number of methoxy groups -OCH3 is 2. The van der Waals surface area contributed by atoms with E-state index in [1.54, 1.807) is 18.2 Å². The quantitative estimate of drug-likeness (QED) is 0.484. The third-order valence-corrected chi connectivity index (χ3v) is 3.97. The number of oxime groups is 1. The van der Waals surface area contributed by atoms with Crippen molar-refractivity contribution in [2.45, 2.75) is 25.6 Å². The highest BCUT2D eigenvalue weighted by atomic mass is 19.4. The Morgan fingerprint density at radius 2 is 1.82 bits per heavy atom. The summed E-state index contributed by atoms with van der Waals surface area (Å²) in [6, 6.07) is 9.80. The van der Waals surface area contributed by atoms with E-state index in [0.29, 0.717) is 22.6 Å². The molecule has 28 heavy (non-hydrogen) atoms. The van der Waals surface area contributed by atoms with Gasteiger partial charge in [0.25, 0.3) is 0 Å². The third kappa shape index (κ3) is 5.48. The van der Waals surface area contributed by atoms with E-state index >= 15 is 0 Å². The molecule has 0 bridgehead atoms. The van der Waals surface area contributed by atoms with Gasteiger partial charge >= 0.3 is 6.18 Å². The van der Waals surface area contributed by atoms with E-state index in [0.717, 1.165) is 12.1 Å². The molecule has 0 radical (unpaired) electrons. The second-order valence-electron chi connectivity index (χ2n) is 5.93.